The van der Waals surface area contributed by atoms with Crippen LogP contribution in [0.1, 0.15) is 37.3 Å². The van der Waals surface area contributed by atoms with Crippen LogP contribution in [0.15, 0.2) is 18.5 Å². The molecule has 1 aromatic heterocycles. The van der Waals surface area contributed by atoms with Crippen LogP contribution in [0.2, 0.25) is 0 Å². The molecule has 0 aromatic carbocycles. The van der Waals surface area contributed by atoms with Crippen LogP contribution < -0.4 is 5.32 Å². The maximum absolute atomic E-state index is 13.8. The molecule has 3 heteroatoms. The first-order chi connectivity index (χ1) is 8.33. The van der Waals surface area contributed by atoms with Gasteiger partial charge < -0.3 is 5.32 Å². The molecular weight excluding hydrogens is 215 g/mol. The second kappa shape index (κ2) is 4.37. The van der Waals surface area contributed by atoms with Gasteiger partial charge in [-0.25, -0.2) is 4.39 Å². The monoisotopic (exact) mass is 234 g/mol. The van der Waals surface area contributed by atoms with Crippen molar-refractivity contribution in [1.82, 2.24) is 10.3 Å². The van der Waals surface area contributed by atoms with Crippen molar-refractivity contribution in [3.8, 4) is 0 Å². The number of aromatic nitrogens is 1. The van der Waals surface area contributed by atoms with E-state index in [1.165, 1.54) is 31.9 Å². The van der Waals surface area contributed by atoms with Crippen molar-refractivity contribution in [1.29, 1.82) is 0 Å². The Kier molecular flexibility index (Phi) is 2.87. The van der Waals surface area contributed by atoms with Crippen molar-refractivity contribution in [3.63, 3.8) is 0 Å². The Balaban J connectivity index is 1.83. The topological polar surface area (TPSA) is 24.9 Å². The minimum atomic E-state index is -0.171. The smallest absolute Gasteiger partial charge is 0.146 e. The maximum atomic E-state index is 13.8. The maximum Gasteiger partial charge on any atom is 0.146 e. The highest BCUT2D eigenvalue weighted by Gasteiger charge is 2.54. The zero-order valence-corrected chi connectivity index (χ0v) is 10.2. The van der Waals surface area contributed by atoms with Gasteiger partial charge >= 0.3 is 0 Å². The molecular formula is C14H19FN2. The fraction of sp³-hybridized carbons (Fsp3) is 0.643. The lowest BCUT2D eigenvalue weighted by Crippen LogP contribution is -2.21. The lowest BCUT2D eigenvalue weighted by molar-refractivity contribution is 0.456. The minimum absolute atomic E-state index is 0.171. The Morgan fingerprint density at radius 3 is 2.65 bits per heavy atom. The Bertz CT molecular complexity index is 395. The van der Waals surface area contributed by atoms with Gasteiger partial charge in [0.1, 0.15) is 5.82 Å². The third-order valence-electron chi connectivity index (χ3n) is 4.56. The second-order valence-corrected chi connectivity index (χ2v) is 5.35. The van der Waals surface area contributed by atoms with Gasteiger partial charge in [0.2, 0.25) is 0 Å². The molecule has 0 aliphatic heterocycles. The summed E-state index contributed by atoms with van der Waals surface area (Å²) in [6.45, 7) is 0. The van der Waals surface area contributed by atoms with Gasteiger partial charge in [0, 0.05) is 17.8 Å². The van der Waals surface area contributed by atoms with E-state index in [1.807, 2.05) is 13.1 Å². The highest BCUT2D eigenvalue weighted by Crippen LogP contribution is 2.60. The number of halogens is 1. The van der Waals surface area contributed by atoms with Crippen LogP contribution >= 0.6 is 0 Å². The first-order valence-electron chi connectivity index (χ1n) is 6.59. The van der Waals surface area contributed by atoms with Crippen LogP contribution in [0.25, 0.3) is 0 Å². The third-order valence-corrected chi connectivity index (χ3v) is 4.56. The van der Waals surface area contributed by atoms with Crippen LogP contribution in [0, 0.1) is 23.6 Å². The predicted octanol–water partition coefficient (Wildman–Crippen LogP) is 2.92. The Morgan fingerprint density at radius 1 is 1.35 bits per heavy atom. The number of fused-ring (bicyclic) bond motifs is 1. The average Bonchev–Trinajstić information content (AvgIpc) is 3.07. The van der Waals surface area contributed by atoms with E-state index in [-0.39, 0.29) is 11.9 Å². The molecule has 17 heavy (non-hydrogen) atoms. The summed E-state index contributed by atoms with van der Waals surface area (Å²) in [4.78, 5) is 3.83. The van der Waals surface area contributed by atoms with E-state index in [1.54, 1.807) is 6.20 Å². The minimum Gasteiger partial charge on any atom is -0.313 e. The molecule has 0 radical (unpaired) electrons. The molecule has 0 saturated heterocycles. The van der Waals surface area contributed by atoms with E-state index in [9.17, 15) is 4.39 Å². The molecule has 0 bridgehead atoms. The van der Waals surface area contributed by atoms with Crippen LogP contribution in [-0.2, 0) is 0 Å². The first-order valence-corrected chi connectivity index (χ1v) is 6.59. The van der Waals surface area contributed by atoms with Gasteiger partial charge in [-0.1, -0.05) is 12.8 Å². The van der Waals surface area contributed by atoms with Crippen molar-refractivity contribution in [2.45, 2.75) is 31.7 Å². The van der Waals surface area contributed by atoms with Crippen molar-refractivity contribution >= 4 is 0 Å². The Hall–Kier alpha value is -0.960. The molecule has 1 aromatic rings. The Labute approximate surface area is 102 Å². The molecule has 1 heterocycles. The van der Waals surface area contributed by atoms with Crippen molar-refractivity contribution in [2.75, 3.05) is 7.05 Å². The molecule has 0 amide bonds. The van der Waals surface area contributed by atoms with E-state index in [2.05, 4.69) is 10.3 Å². The van der Waals surface area contributed by atoms with Crippen LogP contribution in [0.5, 0.6) is 0 Å². The van der Waals surface area contributed by atoms with Gasteiger partial charge in [-0.3, -0.25) is 4.98 Å². The van der Waals surface area contributed by atoms with E-state index in [0.29, 0.717) is 5.92 Å². The average molecular weight is 234 g/mol. The van der Waals surface area contributed by atoms with E-state index in [0.717, 1.165) is 17.4 Å². The normalized spacial score (nSPS) is 32.9. The zero-order valence-electron chi connectivity index (χ0n) is 10.2. The summed E-state index contributed by atoms with van der Waals surface area (Å²) < 4.78 is 13.8. The molecule has 3 atom stereocenters. The summed E-state index contributed by atoms with van der Waals surface area (Å²) in [5, 5.41) is 3.31. The van der Waals surface area contributed by atoms with E-state index >= 15 is 0 Å². The van der Waals surface area contributed by atoms with Crippen LogP contribution in [0.3, 0.4) is 0 Å². The van der Waals surface area contributed by atoms with E-state index in [4.69, 9.17) is 0 Å². The number of nitrogens with zero attached hydrogens (tertiary/aromatic N) is 1. The third kappa shape index (κ3) is 1.86. The largest absolute Gasteiger partial charge is 0.313 e. The number of hydrogen-bond acceptors (Lipinski definition) is 2. The number of rotatable bonds is 3. The number of hydrogen-bond donors (Lipinski definition) is 1. The van der Waals surface area contributed by atoms with Crippen LogP contribution in [0.4, 0.5) is 4.39 Å². The molecule has 2 fully saturated rings. The van der Waals surface area contributed by atoms with Gasteiger partial charge in [0.05, 0.1) is 6.20 Å². The number of pyridine rings is 1. The molecule has 2 aliphatic rings. The molecule has 2 nitrogen and oxygen atoms in total. The molecule has 3 unspecified atom stereocenters. The highest BCUT2D eigenvalue weighted by molar-refractivity contribution is 5.22. The van der Waals surface area contributed by atoms with Crippen LogP contribution in [-0.4, -0.2) is 12.0 Å². The van der Waals surface area contributed by atoms with Gasteiger partial charge in [-0.05, 0) is 43.7 Å². The second-order valence-electron chi connectivity index (χ2n) is 5.35. The molecule has 92 valence electrons. The molecule has 0 spiro atoms. The molecule has 3 rings (SSSR count). The summed E-state index contributed by atoms with van der Waals surface area (Å²) >= 11 is 0. The predicted molar refractivity (Wildman–Crippen MR) is 64.9 cm³/mol. The van der Waals surface area contributed by atoms with Gasteiger partial charge in [0.15, 0.2) is 0 Å². The fourth-order valence-electron chi connectivity index (χ4n) is 3.74. The van der Waals surface area contributed by atoms with E-state index < -0.39 is 0 Å². The standard InChI is InChI=1S/C14H19FN2/c1-16-14(11-6-7-17-8-12(11)15)13-9-4-2-3-5-10(9)13/h6-10,13-14,16H,2-5H2,1H3. The van der Waals surface area contributed by atoms with Crippen molar-refractivity contribution < 1.29 is 4.39 Å². The number of nitrogens with one attached hydrogen (secondary N) is 1. The molecule has 2 saturated carbocycles. The lowest BCUT2D eigenvalue weighted by Gasteiger charge is -2.17. The summed E-state index contributed by atoms with van der Waals surface area (Å²) in [6, 6.07) is 1.99. The van der Waals surface area contributed by atoms with Gasteiger partial charge in [-0.2, -0.15) is 0 Å². The SMILES string of the molecule is CNC(c1ccncc1F)C1C2CCCCC21. The first kappa shape index (κ1) is 11.1. The van der Waals surface area contributed by atoms with Gasteiger partial charge in [0.25, 0.3) is 0 Å². The summed E-state index contributed by atoms with van der Waals surface area (Å²) in [6.07, 6.45) is 8.39. The zero-order chi connectivity index (χ0) is 11.8. The Morgan fingerprint density at radius 2 is 2.06 bits per heavy atom. The van der Waals surface area contributed by atoms with Crippen molar-refractivity contribution in [3.05, 3.63) is 29.8 Å². The lowest BCUT2D eigenvalue weighted by atomic mass is 10.0. The van der Waals surface area contributed by atoms with Gasteiger partial charge in [-0.15, -0.1) is 0 Å². The molecule has 2 aliphatic carbocycles. The van der Waals surface area contributed by atoms with Crippen molar-refractivity contribution in [2.24, 2.45) is 17.8 Å². The quantitative estimate of drug-likeness (QED) is 0.869. The summed E-state index contributed by atoms with van der Waals surface area (Å²) in [5.41, 5.74) is 0.793. The highest BCUT2D eigenvalue weighted by atomic mass is 19.1. The molecule has 1 N–H and O–H groups in total. The fourth-order valence-corrected chi connectivity index (χ4v) is 3.74. The summed E-state index contributed by atoms with van der Waals surface area (Å²) in [7, 11) is 1.94. The summed E-state index contributed by atoms with van der Waals surface area (Å²) in [5.74, 6) is 2.12.